The van der Waals surface area contributed by atoms with Crippen molar-refractivity contribution in [3.63, 3.8) is 0 Å². The number of rotatable bonds is 2. The van der Waals surface area contributed by atoms with Crippen LogP contribution in [0.4, 0.5) is 17.2 Å². The summed E-state index contributed by atoms with van der Waals surface area (Å²) in [7, 11) is 0. The highest BCUT2D eigenvalue weighted by Crippen LogP contribution is 2.55. The van der Waals surface area contributed by atoms with Crippen LogP contribution in [-0.2, 0) is 0 Å². The molecule has 0 spiro atoms. The molecular formula is C26H17ClN2S. The Bertz CT molecular complexity index is 1390. The minimum absolute atomic E-state index is 0.749. The molecule has 1 aliphatic heterocycles. The molecule has 3 heterocycles. The van der Waals surface area contributed by atoms with Gasteiger partial charge in [-0.3, -0.25) is 4.90 Å². The van der Waals surface area contributed by atoms with Crippen LogP contribution in [0.2, 0.25) is 5.02 Å². The molecule has 2 nitrogen and oxygen atoms in total. The van der Waals surface area contributed by atoms with E-state index in [1.165, 1.54) is 16.0 Å². The Morgan fingerprint density at radius 3 is 2.37 bits per heavy atom. The molecule has 3 aromatic carbocycles. The number of halogens is 1. The molecule has 30 heavy (non-hydrogen) atoms. The molecule has 0 atom stereocenters. The summed E-state index contributed by atoms with van der Waals surface area (Å²) in [5.74, 6) is 1.10. The highest BCUT2D eigenvalue weighted by Gasteiger charge is 2.30. The van der Waals surface area contributed by atoms with E-state index in [0.717, 1.165) is 32.6 Å². The number of pyridine rings is 1. The van der Waals surface area contributed by atoms with E-state index in [4.69, 9.17) is 11.6 Å². The van der Waals surface area contributed by atoms with Crippen molar-refractivity contribution in [3.8, 4) is 11.1 Å². The molecule has 0 aliphatic carbocycles. The number of benzene rings is 3. The van der Waals surface area contributed by atoms with Crippen LogP contribution in [0, 0.1) is 0 Å². The van der Waals surface area contributed by atoms with Crippen molar-refractivity contribution < 1.29 is 0 Å². The predicted molar refractivity (Wildman–Crippen MR) is 127 cm³/mol. The van der Waals surface area contributed by atoms with Gasteiger partial charge in [0, 0.05) is 27.1 Å². The van der Waals surface area contributed by atoms with Crippen LogP contribution in [0.5, 0.6) is 0 Å². The van der Waals surface area contributed by atoms with E-state index in [2.05, 4.69) is 100 Å². The maximum Gasteiger partial charge on any atom is 0.130 e. The van der Waals surface area contributed by atoms with Crippen molar-refractivity contribution in [3.05, 3.63) is 108 Å². The fraction of sp³-hybridized carbons (Fsp3) is 0. The first-order valence-electron chi connectivity index (χ1n) is 9.82. The van der Waals surface area contributed by atoms with E-state index in [1.54, 1.807) is 11.8 Å². The molecule has 2 aromatic heterocycles. The van der Waals surface area contributed by atoms with Gasteiger partial charge in [-0.2, -0.15) is 0 Å². The van der Waals surface area contributed by atoms with Crippen molar-refractivity contribution in [2.45, 2.75) is 9.79 Å². The van der Waals surface area contributed by atoms with Gasteiger partial charge in [-0.15, -0.1) is 0 Å². The van der Waals surface area contributed by atoms with E-state index in [0.29, 0.717) is 0 Å². The van der Waals surface area contributed by atoms with Gasteiger partial charge in [-0.1, -0.05) is 78.0 Å². The second-order valence-corrected chi connectivity index (χ2v) is 8.73. The van der Waals surface area contributed by atoms with Gasteiger partial charge in [-0.05, 0) is 48.0 Å². The zero-order valence-corrected chi connectivity index (χ0v) is 17.6. The number of fused-ring (bicyclic) bond motifs is 3. The molecule has 5 aromatic rings. The maximum atomic E-state index is 6.81. The Balaban J connectivity index is 1.74. The zero-order chi connectivity index (χ0) is 20.1. The van der Waals surface area contributed by atoms with Crippen LogP contribution in [0.1, 0.15) is 0 Å². The number of nitrogens with zero attached hydrogens (tertiary/aromatic N) is 2. The Morgan fingerprint density at radius 1 is 0.700 bits per heavy atom. The summed E-state index contributed by atoms with van der Waals surface area (Å²) < 4.78 is 2.25. The first-order valence-corrected chi connectivity index (χ1v) is 11.0. The number of hydrogen-bond donors (Lipinski definition) is 0. The first-order chi connectivity index (χ1) is 14.8. The first kappa shape index (κ1) is 17.7. The van der Waals surface area contributed by atoms with Gasteiger partial charge in [0.1, 0.15) is 5.82 Å². The third-order valence-corrected chi connectivity index (χ3v) is 6.87. The van der Waals surface area contributed by atoms with E-state index < -0.39 is 0 Å². The average molecular weight is 425 g/mol. The molecule has 0 amide bonds. The van der Waals surface area contributed by atoms with Crippen LogP contribution in [-0.4, -0.2) is 4.40 Å². The summed E-state index contributed by atoms with van der Waals surface area (Å²) in [5.41, 5.74) is 5.68. The molecule has 0 saturated carbocycles. The van der Waals surface area contributed by atoms with Crippen LogP contribution in [0.15, 0.2) is 113 Å². The van der Waals surface area contributed by atoms with Gasteiger partial charge in [0.2, 0.25) is 0 Å². The molecule has 0 N–H and O–H groups in total. The Morgan fingerprint density at radius 2 is 1.47 bits per heavy atom. The number of anilines is 3. The molecule has 0 fully saturated rings. The molecule has 0 saturated heterocycles. The quantitative estimate of drug-likeness (QED) is 0.276. The fourth-order valence-electron chi connectivity index (χ4n) is 4.15. The number of para-hydroxylation sites is 2. The van der Waals surface area contributed by atoms with Gasteiger partial charge in [0.25, 0.3) is 0 Å². The van der Waals surface area contributed by atoms with E-state index in [9.17, 15) is 0 Å². The highest BCUT2D eigenvalue weighted by atomic mass is 35.5. The number of aromatic nitrogens is 1. The summed E-state index contributed by atoms with van der Waals surface area (Å²) in [5, 5.41) is 0.749. The monoisotopic (exact) mass is 424 g/mol. The molecule has 4 heteroatoms. The lowest BCUT2D eigenvalue weighted by Gasteiger charge is -2.34. The standard InChI is InChI=1S/C26H17ClN2S/c27-21-12-8-15-24-25(21)29(22-13-4-5-14-23(22)30-24)26-20(18-9-2-1-3-10-18)17-19-11-6-7-16-28(19)26/h1-17H. The van der Waals surface area contributed by atoms with E-state index in [1.807, 2.05) is 12.1 Å². The van der Waals surface area contributed by atoms with E-state index >= 15 is 0 Å². The van der Waals surface area contributed by atoms with Crippen LogP contribution in [0.25, 0.3) is 16.6 Å². The minimum atomic E-state index is 0.749. The average Bonchev–Trinajstić information content (AvgIpc) is 3.18. The van der Waals surface area contributed by atoms with Crippen molar-refractivity contribution in [2.24, 2.45) is 0 Å². The Labute approximate surface area is 184 Å². The SMILES string of the molecule is Clc1cccc2c1N(c1c(-c3ccccc3)cc3ccccn13)c1ccccc1S2. The Kier molecular flexibility index (Phi) is 4.12. The molecule has 0 bridgehead atoms. The second kappa shape index (κ2) is 6.98. The van der Waals surface area contributed by atoms with Crippen molar-refractivity contribution >= 4 is 46.1 Å². The zero-order valence-electron chi connectivity index (χ0n) is 16.0. The third kappa shape index (κ3) is 2.67. The van der Waals surface area contributed by atoms with Gasteiger partial charge in [0.15, 0.2) is 0 Å². The molecule has 0 unspecified atom stereocenters. The van der Waals surface area contributed by atoms with Gasteiger partial charge in [0.05, 0.1) is 16.4 Å². The smallest absolute Gasteiger partial charge is 0.130 e. The maximum absolute atomic E-state index is 6.81. The second-order valence-electron chi connectivity index (χ2n) is 7.23. The molecule has 0 radical (unpaired) electrons. The van der Waals surface area contributed by atoms with E-state index in [-0.39, 0.29) is 0 Å². The van der Waals surface area contributed by atoms with Gasteiger partial charge >= 0.3 is 0 Å². The van der Waals surface area contributed by atoms with Gasteiger partial charge in [-0.25, -0.2) is 0 Å². The van der Waals surface area contributed by atoms with Crippen molar-refractivity contribution in [1.29, 1.82) is 0 Å². The Hall–Kier alpha value is -3.14. The van der Waals surface area contributed by atoms with Crippen LogP contribution >= 0.6 is 23.4 Å². The fourth-order valence-corrected chi connectivity index (χ4v) is 5.56. The van der Waals surface area contributed by atoms with Crippen molar-refractivity contribution in [2.75, 3.05) is 4.90 Å². The molecule has 1 aliphatic rings. The summed E-state index contributed by atoms with van der Waals surface area (Å²) in [6, 6.07) is 33.8. The normalized spacial score (nSPS) is 12.6. The summed E-state index contributed by atoms with van der Waals surface area (Å²) in [4.78, 5) is 4.70. The van der Waals surface area contributed by atoms with Crippen LogP contribution in [0.3, 0.4) is 0 Å². The molecule has 6 rings (SSSR count). The molecule has 144 valence electrons. The summed E-state index contributed by atoms with van der Waals surface area (Å²) >= 11 is 8.57. The predicted octanol–water partition coefficient (Wildman–Crippen LogP) is 8.19. The largest absolute Gasteiger partial charge is 0.302 e. The third-order valence-electron chi connectivity index (χ3n) is 5.45. The lowest BCUT2D eigenvalue weighted by molar-refractivity contribution is 1.08. The lowest BCUT2D eigenvalue weighted by Crippen LogP contribution is -2.17. The topological polar surface area (TPSA) is 7.65 Å². The minimum Gasteiger partial charge on any atom is -0.302 e. The summed E-state index contributed by atoms with van der Waals surface area (Å²) in [6.45, 7) is 0. The summed E-state index contributed by atoms with van der Waals surface area (Å²) in [6.07, 6.45) is 2.12. The lowest BCUT2D eigenvalue weighted by atomic mass is 10.1. The molecular weight excluding hydrogens is 408 g/mol. The van der Waals surface area contributed by atoms with Crippen molar-refractivity contribution in [1.82, 2.24) is 4.40 Å². The van der Waals surface area contributed by atoms with Crippen LogP contribution < -0.4 is 4.90 Å². The highest BCUT2D eigenvalue weighted by molar-refractivity contribution is 7.99. The number of hydrogen-bond acceptors (Lipinski definition) is 2. The van der Waals surface area contributed by atoms with Gasteiger partial charge < -0.3 is 4.40 Å².